The number of fused-ring (bicyclic) bond motifs is 1. The quantitative estimate of drug-likeness (QED) is 0.842. The van der Waals surface area contributed by atoms with E-state index in [1.54, 1.807) is 4.90 Å². The van der Waals surface area contributed by atoms with Crippen molar-refractivity contribution in [1.29, 1.82) is 0 Å². The molecule has 0 bridgehead atoms. The van der Waals surface area contributed by atoms with Gasteiger partial charge in [0.05, 0.1) is 12.1 Å². The van der Waals surface area contributed by atoms with Crippen LogP contribution in [0.5, 0.6) is 11.5 Å². The molecule has 0 aromatic heterocycles. The van der Waals surface area contributed by atoms with Gasteiger partial charge in [-0.15, -0.1) is 0 Å². The molecule has 2 aromatic carbocycles. The lowest BCUT2D eigenvalue weighted by molar-refractivity contribution is 0.170. The molecule has 0 radical (unpaired) electrons. The highest BCUT2D eigenvalue weighted by Gasteiger charge is 2.24. The second-order valence-electron chi connectivity index (χ2n) is 7.27. The summed E-state index contributed by atoms with van der Waals surface area (Å²) in [7, 11) is 1.83. The average Bonchev–Trinajstić information content (AvgIpc) is 2.70. The summed E-state index contributed by atoms with van der Waals surface area (Å²) < 4.78 is 11.3. The number of hydrogen-bond acceptors (Lipinski definition) is 3. The number of ether oxygens (including phenoxy) is 2. The van der Waals surface area contributed by atoms with Gasteiger partial charge in [0.25, 0.3) is 0 Å². The first-order valence-electron chi connectivity index (χ1n) is 9.45. The second kappa shape index (κ2) is 8.33. The SMILES string of the molecule is CC(C)[C@@H](NC(=O)N(C)[C@H](C)c1ccccc1)c1ccc2c(c1)OCCO2. The minimum Gasteiger partial charge on any atom is -0.486 e. The number of carbonyl (C=O) groups is 1. The Kier molecular flexibility index (Phi) is 5.89. The fourth-order valence-corrected chi connectivity index (χ4v) is 3.25. The lowest BCUT2D eigenvalue weighted by Gasteiger charge is -2.30. The van der Waals surface area contributed by atoms with E-state index in [2.05, 4.69) is 19.2 Å². The van der Waals surface area contributed by atoms with E-state index in [0.717, 1.165) is 22.6 Å². The minimum absolute atomic E-state index is 0.0146. The van der Waals surface area contributed by atoms with Crippen LogP contribution in [-0.2, 0) is 0 Å². The molecule has 0 unspecified atom stereocenters. The molecule has 5 heteroatoms. The summed E-state index contributed by atoms with van der Waals surface area (Å²) >= 11 is 0. The van der Waals surface area contributed by atoms with E-state index >= 15 is 0 Å². The first-order chi connectivity index (χ1) is 13.0. The molecule has 1 heterocycles. The van der Waals surface area contributed by atoms with Crippen LogP contribution in [0.25, 0.3) is 0 Å². The summed E-state index contributed by atoms with van der Waals surface area (Å²) in [5.74, 6) is 1.73. The summed E-state index contributed by atoms with van der Waals surface area (Å²) in [6.45, 7) is 7.35. The van der Waals surface area contributed by atoms with Crippen molar-refractivity contribution in [3.63, 3.8) is 0 Å². The molecule has 5 nitrogen and oxygen atoms in total. The van der Waals surface area contributed by atoms with E-state index in [9.17, 15) is 4.79 Å². The fraction of sp³-hybridized carbons (Fsp3) is 0.409. The highest BCUT2D eigenvalue weighted by atomic mass is 16.6. The van der Waals surface area contributed by atoms with Crippen molar-refractivity contribution in [3.05, 3.63) is 59.7 Å². The van der Waals surface area contributed by atoms with Crippen LogP contribution in [0.15, 0.2) is 48.5 Å². The van der Waals surface area contributed by atoms with Crippen molar-refractivity contribution in [2.75, 3.05) is 20.3 Å². The number of carbonyl (C=O) groups excluding carboxylic acids is 1. The third-order valence-electron chi connectivity index (χ3n) is 5.05. The molecule has 2 aromatic rings. The van der Waals surface area contributed by atoms with Crippen molar-refractivity contribution in [1.82, 2.24) is 10.2 Å². The number of urea groups is 1. The second-order valence-corrected chi connectivity index (χ2v) is 7.27. The van der Waals surface area contributed by atoms with E-state index in [0.29, 0.717) is 13.2 Å². The number of nitrogens with zero attached hydrogens (tertiary/aromatic N) is 1. The zero-order valence-corrected chi connectivity index (χ0v) is 16.4. The van der Waals surface area contributed by atoms with Gasteiger partial charge in [0.2, 0.25) is 0 Å². The Hall–Kier alpha value is -2.69. The number of hydrogen-bond donors (Lipinski definition) is 1. The predicted octanol–water partition coefficient (Wildman–Crippen LogP) is 4.56. The van der Waals surface area contributed by atoms with E-state index in [1.165, 1.54) is 0 Å². The maximum atomic E-state index is 12.9. The first-order valence-corrected chi connectivity index (χ1v) is 9.45. The molecular formula is C22H28N2O3. The van der Waals surface area contributed by atoms with Crippen LogP contribution in [0.2, 0.25) is 0 Å². The molecule has 0 fully saturated rings. The standard InChI is InChI=1S/C22H28N2O3/c1-15(2)21(18-10-11-19-20(14-18)27-13-12-26-19)23-22(25)24(4)16(3)17-8-6-5-7-9-17/h5-11,14-16,21H,12-13H2,1-4H3,(H,23,25)/t16-,21-/m1/s1. The number of rotatable bonds is 5. The van der Waals surface area contributed by atoms with Gasteiger partial charge in [-0.3, -0.25) is 0 Å². The molecule has 2 atom stereocenters. The lowest BCUT2D eigenvalue weighted by Crippen LogP contribution is -2.42. The molecule has 3 rings (SSSR count). The molecule has 1 aliphatic heterocycles. The van der Waals surface area contributed by atoms with Crippen LogP contribution >= 0.6 is 0 Å². The minimum atomic E-state index is -0.112. The molecule has 1 aliphatic rings. The molecule has 144 valence electrons. The fourth-order valence-electron chi connectivity index (χ4n) is 3.25. The summed E-state index contributed by atoms with van der Waals surface area (Å²) in [6.07, 6.45) is 0. The van der Waals surface area contributed by atoms with Crippen molar-refractivity contribution in [3.8, 4) is 11.5 Å². The van der Waals surface area contributed by atoms with Crippen LogP contribution < -0.4 is 14.8 Å². The Morgan fingerprint density at radius 1 is 0.963 bits per heavy atom. The number of nitrogens with one attached hydrogen (secondary N) is 1. The van der Waals surface area contributed by atoms with Crippen LogP contribution in [0, 0.1) is 5.92 Å². The predicted molar refractivity (Wildman–Crippen MR) is 106 cm³/mol. The Bertz CT molecular complexity index is 776. The normalized spacial score (nSPS) is 15.1. The third kappa shape index (κ3) is 4.35. The zero-order valence-electron chi connectivity index (χ0n) is 16.4. The van der Waals surface area contributed by atoms with E-state index < -0.39 is 0 Å². The van der Waals surface area contributed by atoms with E-state index in [-0.39, 0.29) is 24.0 Å². The molecule has 0 aliphatic carbocycles. The van der Waals surface area contributed by atoms with Gasteiger partial charge < -0.3 is 19.7 Å². The van der Waals surface area contributed by atoms with E-state index in [4.69, 9.17) is 9.47 Å². The highest BCUT2D eigenvalue weighted by molar-refractivity contribution is 5.75. The molecule has 27 heavy (non-hydrogen) atoms. The Labute approximate surface area is 161 Å². The molecule has 2 amide bonds. The zero-order chi connectivity index (χ0) is 19.4. The summed E-state index contributed by atoms with van der Waals surface area (Å²) in [5.41, 5.74) is 2.12. The third-order valence-corrected chi connectivity index (χ3v) is 5.05. The molecule has 1 N–H and O–H groups in total. The van der Waals surface area contributed by atoms with Gasteiger partial charge in [0.15, 0.2) is 11.5 Å². The van der Waals surface area contributed by atoms with Gasteiger partial charge in [-0.25, -0.2) is 4.79 Å². The Morgan fingerprint density at radius 2 is 1.63 bits per heavy atom. The van der Waals surface area contributed by atoms with Gasteiger partial charge in [0, 0.05) is 7.05 Å². The lowest BCUT2D eigenvalue weighted by atomic mass is 9.95. The van der Waals surface area contributed by atoms with Crippen molar-refractivity contribution >= 4 is 6.03 Å². The van der Waals surface area contributed by atoms with Gasteiger partial charge >= 0.3 is 6.03 Å². The van der Waals surface area contributed by atoms with Gasteiger partial charge in [-0.05, 0) is 36.1 Å². The topological polar surface area (TPSA) is 50.8 Å². The van der Waals surface area contributed by atoms with Crippen molar-refractivity contribution in [2.45, 2.75) is 32.9 Å². The van der Waals surface area contributed by atoms with Crippen molar-refractivity contribution < 1.29 is 14.3 Å². The van der Waals surface area contributed by atoms with Crippen LogP contribution in [-0.4, -0.2) is 31.2 Å². The summed E-state index contributed by atoms with van der Waals surface area (Å²) in [6, 6.07) is 15.7. The maximum absolute atomic E-state index is 12.9. The Balaban J connectivity index is 1.75. The van der Waals surface area contributed by atoms with Crippen molar-refractivity contribution in [2.24, 2.45) is 5.92 Å². The average molecular weight is 368 g/mol. The first kappa shape index (κ1) is 19.1. The van der Waals surface area contributed by atoms with E-state index in [1.807, 2.05) is 62.5 Å². The Morgan fingerprint density at radius 3 is 2.30 bits per heavy atom. The maximum Gasteiger partial charge on any atom is 0.318 e. The number of amides is 2. The number of benzene rings is 2. The monoisotopic (exact) mass is 368 g/mol. The highest BCUT2D eigenvalue weighted by Crippen LogP contribution is 2.34. The van der Waals surface area contributed by atoms with Gasteiger partial charge in [-0.1, -0.05) is 50.2 Å². The summed E-state index contributed by atoms with van der Waals surface area (Å²) in [4.78, 5) is 14.6. The summed E-state index contributed by atoms with van der Waals surface area (Å²) in [5, 5.41) is 3.18. The molecular weight excluding hydrogens is 340 g/mol. The molecule has 0 saturated heterocycles. The molecule has 0 saturated carbocycles. The smallest absolute Gasteiger partial charge is 0.318 e. The van der Waals surface area contributed by atoms with Crippen LogP contribution in [0.1, 0.15) is 44.0 Å². The largest absolute Gasteiger partial charge is 0.486 e. The van der Waals surface area contributed by atoms with Crippen LogP contribution in [0.3, 0.4) is 0 Å². The van der Waals surface area contributed by atoms with Gasteiger partial charge in [0.1, 0.15) is 13.2 Å². The molecule has 0 spiro atoms. The van der Waals surface area contributed by atoms with Gasteiger partial charge in [-0.2, -0.15) is 0 Å². The van der Waals surface area contributed by atoms with Crippen LogP contribution in [0.4, 0.5) is 4.79 Å².